The molecule has 0 saturated carbocycles. The zero-order chi connectivity index (χ0) is 24.8. The summed E-state index contributed by atoms with van der Waals surface area (Å²) in [7, 11) is 0. The molecule has 6 heteroatoms. The Hall–Kier alpha value is -3.12. The lowest BCUT2D eigenvalue weighted by atomic mass is 9.94. The highest BCUT2D eigenvalue weighted by molar-refractivity contribution is 6.46. The Morgan fingerprint density at radius 1 is 1.09 bits per heavy atom. The number of Topliss-reactive ketones (excluding diaryl/α,β-unsaturated/α-hetero) is 1. The van der Waals surface area contributed by atoms with Gasteiger partial charge in [-0.25, -0.2) is 0 Å². The molecule has 1 fully saturated rings. The second-order valence-electron chi connectivity index (χ2n) is 9.11. The first-order valence-corrected chi connectivity index (χ1v) is 12.1. The van der Waals surface area contributed by atoms with Crippen LogP contribution in [0.2, 0.25) is 0 Å². The van der Waals surface area contributed by atoms with Crippen molar-refractivity contribution in [3.05, 3.63) is 70.8 Å². The van der Waals surface area contributed by atoms with Gasteiger partial charge in [-0.1, -0.05) is 58.0 Å². The average molecular weight is 465 g/mol. The van der Waals surface area contributed by atoms with Crippen LogP contribution in [0.1, 0.15) is 50.4 Å². The number of carbonyl (C=O) groups is 2. The number of ether oxygens (including phenoxy) is 1. The number of amides is 1. The van der Waals surface area contributed by atoms with Crippen molar-refractivity contribution in [2.45, 2.75) is 40.7 Å². The predicted octanol–water partition coefficient (Wildman–Crippen LogP) is 4.79. The summed E-state index contributed by atoms with van der Waals surface area (Å²) in [5.41, 5.74) is 2.24. The highest BCUT2D eigenvalue weighted by Gasteiger charge is 2.46. The SMILES string of the molecule is CCN(CC)CCN1C(=O)C(=O)/C(=C(/O)c2ccc(OCC(C)C)cc2C)[C@@H]1c1ccccc1. The fourth-order valence-corrected chi connectivity index (χ4v) is 4.28. The molecule has 1 aliphatic rings. The van der Waals surface area contributed by atoms with Crippen LogP contribution >= 0.6 is 0 Å². The van der Waals surface area contributed by atoms with Crippen molar-refractivity contribution in [1.29, 1.82) is 0 Å². The molecule has 0 aromatic heterocycles. The Bertz CT molecular complexity index is 1040. The topological polar surface area (TPSA) is 70.1 Å². The van der Waals surface area contributed by atoms with Gasteiger partial charge in [-0.15, -0.1) is 0 Å². The molecular formula is C28H36N2O4. The standard InChI is InChI=1S/C28H36N2O4/c1-6-29(7-2)15-16-30-25(21-11-9-8-10-12-21)24(27(32)28(30)33)26(31)23-14-13-22(17-20(23)5)34-18-19(3)4/h8-14,17,19,25,31H,6-7,15-16,18H2,1-5H3/b26-24+/t25-/m0/s1. The maximum absolute atomic E-state index is 13.2. The van der Waals surface area contributed by atoms with Crippen molar-refractivity contribution in [3.63, 3.8) is 0 Å². The van der Waals surface area contributed by atoms with E-state index in [9.17, 15) is 14.7 Å². The minimum atomic E-state index is -0.648. The minimum absolute atomic E-state index is 0.134. The van der Waals surface area contributed by atoms with Gasteiger partial charge in [-0.2, -0.15) is 0 Å². The summed E-state index contributed by atoms with van der Waals surface area (Å²) >= 11 is 0. The molecule has 182 valence electrons. The molecular weight excluding hydrogens is 428 g/mol. The van der Waals surface area contributed by atoms with Gasteiger partial charge >= 0.3 is 0 Å². The summed E-state index contributed by atoms with van der Waals surface area (Å²) in [6.45, 7) is 13.6. The summed E-state index contributed by atoms with van der Waals surface area (Å²) in [6.07, 6.45) is 0. The lowest BCUT2D eigenvalue weighted by molar-refractivity contribution is -0.140. The normalized spacial score (nSPS) is 17.7. The van der Waals surface area contributed by atoms with Crippen LogP contribution in [0.25, 0.3) is 5.76 Å². The van der Waals surface area contributed by atoms with Crippen LogP contribution in [-0.2, 0) is 9.59 Å². The molecule has 0 bridgehead atoms. The fraction of sp³-hybridized carbons (Fsp3) is 0.429. The van der Waals surface area contributed by atoms with Crippen molar-refractivity contribution >= 4 is 17.4 Å². The highest BCUT2D eigenvalue weighted by atomic mass is 16.5. The number of aliphatic hydroxyl groups is 1. The Labute approximate surface area is 202 Å². The number of rotatable bonds is 10. The van der Waals surface area contributed by atoms with Crippen LogP contribution in [0.15, 0.2) is 54.1 Å². The predicted molar refractivity (Wildman–Crippen MR) is 135 cm³/mol. The summed E-state index contributed by atoms with van der Waals surface area (Å²) in [5.74, 6) is -0.262. The van der Waals surface area contributed by atoms with Gasteiger partial charge in [0, 0.05) is 18.7 Å². The molecule has 0 aliphatic carbocycles. The van der Waals surface area contributed by atoms with Crippen molar-refractivity contribution in [1.82, 2.24) is 9.80 Å². The van der Waals surface area contributed by atoms with Crippen LogP contribution in [0.5, 0.6) is 5.75 Å². The summed E-state index contributed by atoms with van der Waals surface area (Å²) in [6, 6.07) is 14.2. The van der Waals surface area contributed by atoms with Crippen LogP contribution in [0.3, 0.4) is 0 Å². The zero-order valence-corrected chi connectivity index (χ0v) is 20.9. The van der Waals surface area contributed by atoms with Gasteiger partial charge in [-0.05, 0) is 55.3 Å². The molecule has 1 heterocycles. The van der Waals surface area contributed by atoms with Crippen LogP contribution in [0, 0.1) is 12.8 Å². The van der Waals surface area contributed by atoms with E-state index in [0.29, 0.717) is 36.9 Å². The van der Waals surface area contributed by atoms with Gasteiger partial charge in [0.1, 0.15) is 11.5 Å². The fourth-order valence-electron chi connectivity index (χ4n) is 4.28. The van der Waals surface area contributed by atoms with E-state index in [1.807, 2.05) is 43.3 Å². The van der Waals surface area contributed by atoms with Crippen LogP contribution < -0.4 is 4.74 Å². The van der Waals surface area contributed by atoms with Crippen molar-refractivity contribution in [3.8, 4) is 5.75 Å². The number of aliphatic hydroxyl groups excluding tert-OH is 1. The molecule has 1 aliphatic heterocycles. The number of hydrogen-bond acceptors (Lipinski definition) is 5. The molecule has 1 atom stereocenters. The molecule has 2 aromatic carbocycles. The van der Waals surface area contributed by atoms with E-state index in [1.165, 1.54) is 0 Å². The zero-order valence-electron chi connectivity index (χ0n) is 20.9. The molecule has 6 nitrogen and oxygen atoms in total. The van der Waals surface area contributed by atoms with E-state index in [-0.39, 0.29) is 11.3 Å². The molecule has 34 heavy (non-hydrogen) atoms. The number of likely N-dealkylation sites (tertiary alicyclic amines) is 1. The van der Waals surface area contributed by atoms with Gasteiger partial charge < -0.3 is 19.6 Å². The molecule has 1 saturated heterocycles. The van der Waals surface area contributed by atoms with E-state index in [1.54, 1.807) is 17.0 Å². The van der Waals surface area contributed by atoms with Gasteiger partial charge in [0.05, 0.1) is 18.2 Å². The van der Waals surface area contributed by atoms with Crippen molar-refractivity contribution in [2.75, 3.05) is 32.8 Å². The third-order valence-electron chi connectivity index (χ3n) is 6.24. The maximum atomic E-state index is 13.2. The number of ketones is 1. The number of nitrogens with zero attached hydrogens (tertiary/aromatic N) is 2. The monoisotopic (exact) mass is 464 g/mol. The van der Waals surface area contributed by atoms with Gasteiger partial charge in [-0.3, -0.25) is 9.59 Å². The summed E-state index contributed by atoms with van der Waals surface area (Å²) in [5, 5.41) is 11.3. The number of aryl methyl sites for hydroxylation is 1. The molecule has 0 radical (unpaired) electrons. The smallest absolute Gasteiger partial charge is 0.295 e. The summed E-state index contributed by atoms with van der Waals surface area (Å²) in [4.78, 5) is 30.1. The first-order valence-electron chi connectivity index (χ1n) is 12.1. The van der Waals surface area contributed by atoms with Crippen molar-refractivity contribution in [2.24, 2.45) is 5.92 Å². The largest absolute Gasteiger partial charge is 0.507 e. The van der Waals surface area contributed by atoms with Gasteiger partial charge in [0.25, 0.3) is 11.7 Å². The number of hydrogen-bond donors (Lipinski definition) is 1. The molecule has 0 spiro atoms. The quantitative estimate of drug-likeness (QED) is 0.311. The Morgan fingerprint density at radius 3 is 2.35 bits per heavy atom. The van der Waals surface area contributed by atoms with E-state index in [0.717, 1.165) is 24.2 Å². The van der Waals surface area contributed by atoms with E-state index in [4.69, 9.17) is 4.74 Å². The second kappa shape index (κ2) is 11.3. The summed E-state index contributed by atoms with van der Waals surface area (Å²) < 4.78 is 5.80. The average Bonchev–Trinajstić information content (AvgIpc) is 3.08. The minimum Gasteiger partial charge on any atom is -0.507 e. The number of benzene rings is 2. The second-order valence-corrected chi connectivity index (χ2v) is 9.11. The van der Waals surface area contributed by atoms with Gasteiger partial charge in [0.15, 0.2) is 0 Å². The molecule has 3 rings (SSSR count). The van der Waals surface area contributed by atoms with Gasteiger partial charge in [0.2, 0.25) is 0 Å². The molecule has 0 unspecified atom stereocenters. The third-order valence-corrected chi connectivity index (χ3v) is 6.24. The number of likely N-dealkylation sites (N-methyl/N-ethyl adjacent to an activating group) is 1. The Balaban J connectivity index is 2.03. The lowest BCUT2D eigenvalue weighted by Gasteiger charge is -2.28. The van der Waals surface area contributed by atoms with Crippen LogP contribution in [-0.4, -0.2) is 59.4 Å². The van der Waals surface area contributed by atoms with E-state index >= 15 is 0 Å². The Kier molecular flexibility index (Phi) is 8.51. The van der Waals surface area contributed by atoms with Crippen molar-refractivity contribution < 1.29 is 19.4 Å². The maximum Gasteiger partial charge on any atom is 0.295 e. The molecule has 2 aromatic rings. The first-order chi connectivity index (χ1) is 16.3. The lowest BCUT2D eigenvalue weighted by Crippen LogP contribution is -2.38. The molecule has 1 N–H and O–H groups in total. The van der Waals surface area contributed by atoms with E-state index in [2.05, 4.69) is 32.6 Å². The number of carbonyl (C=O) groups excluding carboxylic acids is 2. The first kappa shape index (κ1) is 25.5. The van der Waals surface area contributed by atoms with Crippen LogP contribution in [0.4, 0.5) is 0 Å². The van der Waals surface area contributed by atoms with E-state index < -0.39 is 17.7 Å². The highest BCUT2D eigenvalue weighted by Crippen LogP contribution is 2.40. The molecule has 1 amide bonds. The third kappa shape index (κ3) is 5.50. The Morgan fingerprint density at radius 2 is 1.76 bits per heavy atom.